The van der Waals surface area contributed by atoms with Crippen molar-refractivity contribution in [1.82, 2.24) is 10.3 Å². The van der Waals surface area contributed by atoms with Gasteiger partial charge in [0.05, 0.1) is 18.8 Å². The minimum atomic E-state index is -2.33. The van der Waals surface area contributed by atoms with Crippen LogP contribution in [0.15, 0.2) is 12.1 Å². The maximum atomic E-state index is 12.2. The van der Waals surface area contributed by atoms with Crippen molar-refractivity contribution in [3.05, 3.63) is 29.1 Å². The summed E-state index contributed by atoms with van der Waals surface area (Å²) in [5.41, 5.74) is 3.02. The third kappa shape index (κ3) is 3.94. The smallest absolute Gasteiger partial charge is 0.250 e. The first kappa shape index (κ1) is 14.3. The van der Waals surface area contributed by atoms with Crippen molar-refractivity contribution in [1.29, 1.82) is 0 Å². The molecule has 1 N–H and O–H groups in total. The molecule has 106 valence electrons. The highest BCUT2D eigenvalue weighted by atomic mass is 19.3. The second kappa shape index (κ2) is 6.91. The lowest BCUT2D eigenvalue weighted by Crippen LogP contribution is -2.23. The van der Waals surface area contributed by atoms with Gasteiger partial charge in [-0.25, -0.2) is 8.78 Å². The van der Waals surface area contributed by atoms with Crippen molar-refractivity contribution < 1.29 is 13.5 Å². The summed E-state index contributed by atoms with van der Waals surface area (Å²) in [6.45, 7) is 3.61. The number of hydrogen-bond donors (Lipinski definition) is 1. The van der Waals surface area contributed by atoms with Gasteiger partial charge in [-0.05, 0) is 24.5 Å². The van der Waals surface area contributed by atoms with Crippen LogP contribution < -0.4 is 5.32 Å². The number of aromatic nitrogens is 1. The Labute approximate surface area is 112 Å². The zero-order valence-electron chi connectivity index (χ0n) is 11.2. The van der Waals surface area contributed by atoms with Gasteiger partial charge in [0, 0.05) is 24.8 Å². The van der Waals surface area contributed by atoms with Gasteiger partial charge >= 0.3 is 0 Å². The molecule has 0 saturated carbocycles. The van der Waals surface area contributed by atoms with E-state index in [1.807, 2.05) is 13.0 Å². The van der Waals surface area contributed by atoms with E-state index in [1.165, 1.54) is 0 Å². The number of nitrogens with one attached hydrogen (secondary N) is 1. The molecule has 19 heavy (non-hydrogen) atoms. The lowest BCUT2D eigenvalue weighted by Gasteiger charge is -2.15. The van der Waals surface area contributed by atoms with Crippen molar-refractivity contribution in [2.45, 2.75) is 38.7 Å². The molecule has 5 heteroatoms. The predicted molar refractivity (Wildman–Crippen MR) is 69.5 cm³/mol. The molecule has 0 aromatic carbocycles. The number of nitrogens with zero attached hydrogens (tertiary/aromatic N) is 1. The molecule has 2 rings (SSSR count). The van der Waals surface area contributed by atoms with E-state index in [0.29, 0.717) is 19.1 Å². The third-order valence-electron chi connectivity index (χ3n) is 3.39. The van der Waals surface area contributed by atoms with E-state index in [-0.39, 0.29) is 6.54 Å². The minimum Gasteiger partial charge on any atom is -0.381 e. The van der Waals surface area contributed by atoms with Crippen LogP contribution in [0.5, 0.6) is 0 Å². The molecule has 1 aliphatic rings. The molecule has 1 fully saturated rings. The van der Waals surface area contributed by atoms with Gasteiger partial charge in [0.25, 0.3) is 6.43 Å². The molecule has 1 aliphatic heterocycles. The van der Waals surface area contributed by atoms with Crippen molar-refractivity contribution in [2.75, 3.05) is 19.8 Å². The first-order chi connectivity index (χ1) is 9.20. The highest BCUT2D eigenvalue weighted by Crippen LogP contribution is 2.27. The van der Waals surface area contributed by atoms with Crippen LogP contribution >= 0.6 is 0 Å². The molecule has 2 heterocycles. The Morgan fingerprint density at radius 3 is 2.95 bits per heavy atom. The average molecular weight is 270 g/mol. The van der Waals surface area contributed by atoms with E-state index < -0.39 is 6.43 Å². The van der Waals surface area contributed by atoms with Crippen LogP contribution in [0.2, 0.25) is 0 Å². The Kier molecular flexibility index (Phi) is 5.22. The first-order valence-electron chi connectivity index (χ1n) is 6.76. The van der Waals surface area contributed by atoms with Crippen LogP contribution in [0.1, 0.15) is 36.2 Å². The minimum absolute atomic E-state index is 0.293. The third-order valence-corrected chi connectivity index (χ3v) is 3.39. The van der Waals surface area contributed by atoms with Crippen LogP contribution in [0.4, 0.5) is 8.78 Å². The fraction of sp³-hybridized carbons (Fsp3) is 0.643. The molecule has 1 atom stereocenters. The molecule has 0 amide bonds. The van der Waals surface area contributed by atoms with Gasteiger partial charge in [-0.2, -0.15) is 0 Å². The fourth-order valence-electron chi connectivity index (χ4n) is 2.35. The van der Waals surface area contributed by atoms with Gasteiger partial charge in [0.15, 0.2) is 0 Å². The highest BCUT2D eigenvalue weighted by molar-refractivity contribution is 5.27. The second-order valence-electron chi connectivity index (χ2n) is 4.77. The molecule has 0 radical (unpaired) electrons. The lowest BCUT2D eigenvalue weighted by atomic mass is 9.96. The predicted octanol–water partition coefficient (Wildman–Crippen LogP) is 2.50. The number of aryl methyl sites for hydroxylation is 1. The molecule has 0 bridgehead atoms. The summed E-state index contributed by atoms with van der Waals surface area (Å²) in [7, 11) is 0. The maximum absolute atomic E-state index is 12.2. The number of halogens is 2. The summed E-state index contributed by atoms with van der Waals surface area (Å²) in [6, 6.07) is 4.09. The zero-order chi connectivity index (χ0) is 13.7. The number of ether oxygens (including phenoxy) is 1. The summed E-state index contributed by atoms with van der Waals surface area (Å²) in [5.74, 6) is 0.349. The Morgan fingerprint density at radius 1 is 1.47 bits per heavy atom. The topological polar surface area (TPSA) is 34.1 Å². The SMILES string of the molecule is CCc1ccc([C@H]2CCOC2)c(CNCC(F)F)n1. The number of hydrogen-bond acceptors (Lipinski definition) is 3. The van der Waals surface area contributed by atoms with E-state index >= 15 is 0 Å². The van der Waals surface area contributed by atoms with E-state index in [1.54, 1.807) is 0 Å². The Balaban J connectivity index is 2.11. The molecule has 1 aromatic rings. The van der Waals surface area contributed by atoms with Crippen molar-refractivity contribution in [2.24, 2.45) is 0 Å². The first-order valence-corrected chi connectivity index (χ1v) is 6.76. The lowest BCUT2D eigenvalue weighted by molar-refractivity contribution is 0.145. The van der Waals surface area contributed by atoms with Crippen LogP contribution in [-0.2, 0) is 17.7 Å². The highest BCUT2D eigenvalue weighted by Gasteiger charge is 2.21. The van der Waals surface area contributed by atoms with Gasteiger partial charge in [-0.15, -0.1) is 0 Å². The largest absolute Gasteiger partial charge is 0.381 e. The van der Waals surface area contributed by atoms with Crippen molar-refractivity contribution >= 4 is 0 Å². The molecule has 0 spiro atoms. The Hall–Kier alpha value is -1.07. The van der Waals surface area contributed by atoms with Gasteiger partial charge in [-0.1, -0.05) is 13.0 Å². The molecule has 1 aromatic heterocycles. The zero-order valence-corrected chi connectivity index (χ0v) is 11.2. The van der Waals surface area contributed by atoms with E-state index in [4.69, 9.17) is 4.74 Å². The Morgan fingerprint density at radius 2 is 2.32 bits per heavy atom. The Bertz CT molecular complexity index is 406. The quantitative estimate of drug-likeness (QED) is 0.862. The summed E-state index contributed by atoms with van der Waals surface area (Å²) < 4.78 is 29.8. The molecule has 3 nitrogen and oxygen atoms in total. The van der Waals surface area contributed by atoms with Crippen LogP contribution in [0.25, 0.3) is 0 Å². The summed E-state index contributed by atoms with van der Waals surface area (Å²) in [4.78, 5) is 4.57. The maximum Gasteiger partial charge on any atom is 0.250 e. The molecule has 0 unspecified atom stereocenters. The number of pyridine rings is 1. The fourth-order valence-corrected chi connectivity index (χ4v) is 2.35. The second-order valence-corrected chi connectivity index (χ2v) is 4.77. The van der Waals surface area contributed by atoms with Gasteiger partial charge in [0.1, 0.15) is 0 Å². The summed E-state index contributed by atoms with van der Waals surface area (Å²) >= 11 is 0. The molecule has 1 saturated heterocycles. The van der Waals surface area contributed by atoms with Crippen LogP contribution in [0, 0.1) is 0 Å². The number of alkyl halides is 2. The molecular weight excluding hydrogens is 250 g/mol. The van der Waals surface area contributed by atoms with E-state index in [9.17, 15) is 8.78 Å². The average Bonchev–Trinajstić information content (AvgIpc) is 2.92. The van der Waals surface area contributed by atoms with E-state index in [0.717, 1.165) is 36.4 Å². The molecular formula is C14H20F2N2O. The monoisotopic (exact) mass is 270 g/mol. The van der Waals surface area contributed by atoms with Crippen molar-refractivity contribution in [3.63, 3.8) is 0 Å². The summed E-state index contributed by atoms with van der Waals surface area (Å²) in [6.07, 6.45) is -0.495. The molecule has 0 aliphatic carbocycles. The van der Waals surface area contributed by atoms with E-state index in [2.05, 4.69) is 16.4 Å². The summed E-state index contributed by atoms with van der Waals surface area (Å²) in [5, 5.41) is 2.76. The van der Waals surface area contributed by atoms with Crippen LogP contribution in [-0.4, -0.2) is 31.2 Å². The van der Waals surface area contributed by atoms with Crippen LogP contribution in [0.3, 0.4) is 0 Å². The van der Waals surface area contributed by atoms with Gasteiger partial charge in [-0.3, -0.25) is 4.98 Å². The number of rotatable bonds is 6. The normalized spacial score (nSPS) is 19.3. The van der Waals surface area contributed by atoms with Crippen molar-refractivity contribution in [3.8, 4) is 0 Å². The van der Waals surface area contributed by atoms with Gasteiger partial charge < -0.3 is 10.1 Å². The standard InChI is InChI=1S/C14H20F2N2O/c1-2-11-3-4-12(10-5-6-19-9-10)13(18-11)7-17-8-14(15)16/h3-4,10,14,17H,2,5-9H2,1H3/t10-/m0/s1. The van der Waals surface area contributed by atoms with Gasteiger partial charge in [0.2, 0.25) is 0 Å².